The van der Waals surface area contributed by atoms with E-state index in [2.05, 4.69) is 5.29 Å². The number of guanidine groups is 1. The van der Waals surface area contributed by atoms with Gasteiger partial charge in [-0.3, -0.25) is 10.2 Å². The summed E-state index contributed by atoms with van der Waals surface area (Å²) in [6, 6.07) is -0.963. The van der Waals surface area contributed by atoms with Gasteiger partial charge >= 0.3 is 5.97 Å². The molecule has 8 nitrogen and oxygen atoms in total. The zero-order valence-corrected chi connectivity index (χ0v) is 7.51. The van der Waals surface area contributed by atoms with Crippen molar-refractivity contribution in [2.45, 2.75) is 18.9 Å². The number of nitrogens with zero attached hydrogens (tertiary/aromatic N) is 2. The quantitative estimate of drug-likeness (QED) is 0.189. The maximum absolute atomic E-state index is 10.3. The average molecular weight is 203 g/mol. The van der Waals surface area contributed by atoms with E-state index in [-0.39, 0.29) is 13.0 Å². The molecule has 0 amide bonds. The van der Waals surface area contributed by atoms with Crippen LogP contribution in [0.15, 0.2) is 5.29 Å². The van der Waals surface area contributed by atoms with Gasteiger partial charge in [0.2, 0.25) is 5.96 Å². The highest BCUT2D eigenvalue weighted by atomic mass is 16.4. The van der Waals surface area contributed by atoms with Crippen molar-refractivity contribution in [1.82, 2.24) is 5.01 Å². The number of carboxylic acid groups (broad SMARTS) is 1. The number of nitrogens with two attached hydrogens (primary N) is 2. The van der Waals surface area contributed by atoms with Crippen molar-refractivity contribution in [3.05, 3.63) is 4.91 Å². The van der Waals surface area contributed by atoms with Crippen LogP contribution < -0.4 is 11.5 Å². The van der Waals surface area contributed by atoms with Gasteiger partial charge in [-0.05, 0) is 12.8 Å². The third kappa shape index (κ3) is 4.36. The summed E-state index contributed by atoms with van der Waals surface area (Å²) in [6.45, 7) is 0.0970. The number of nitroso groups, excluding NO2 is 1. The third-order valence-electron chi connectivity index (χ3n) is 1.58. The molecule has 0 rings (SSSR count). The Morgan fingerprint density at radius 3 is 2.57 bits per heavy atom. The molecule has 80 valence electrons. The van der Waals surface area contributed by atoms with Crippen LogP contribution in [0.1, 0.15) is 12.8 Å². The monoisotopic (exact) mass is 203 g/mol. The number of hydrogen-bond donors (Lipinski definition) is 4. The molecule has 0 aliphatic carbocycles. The molecule has 0 radical (unpaired) electrons. The summed E-state index contributed by atoms with van der Waals surface area (Å²) in [5, 5.41) is 18.5. The fourth-order valence-electron chi connectivity index (χ4n) is 0.790. The van der Waals surface area contributed by atoms with E-state index in [0.29, 0.717) is 6.42 Å². The van der Waals surface area contributed by atoms with Gasteiger partial charge in [-0.15, -0.1) is 4.91 Å². The highest BCUT2D eigenvalue weighted by Gasteiger charge is 2.12. The van der Waals surface area contributed by atoms with Gasteiger partial charge in [0.25, 0.3) is 0 Å². The van der Waals surface area contributed by atoms with E-state index in [9.17, 15) is 9.70 Å². The SMILES string of the molecule is N=C(N)N(CCC[C@H](N)C(=O)O)N=O. The number of rotatable bonds is 6. The molecule has 0 aliphatic rings. The highest BCUT2D eigenvalue weighted by molar-refractivity contribution is 5.74. The van der Waals surface area contributed by atoms with E-state index < -0.39 is 18.0 Å². The first-order chi connectivity index (χ1) is 6.49. The Morgan fingerprint density at radius 1 is 1.64 bits per heavy atom. The Labute approximate surface area is 80.3 Å². The molecule has 0 fully saturated rings. The zero-order chi connectivity index (χ0) is 11.1. The van der Waals surface area contributed by atoms with Crippen LogP contribution in [0.2, 0.25) is 0 Å². The predicted molar refractivity (Wildman–Crippen MR) is 49.3 cm³/mol. The molecular formula is C6H13N5O3. The molecule has 8 heteroatoms. The maximum Gasteiger partial charge on any atom is 0.320 e. The minimum absolute atomic E-state index is 0.0970. The Morgan fingerprint density at radius 2 is 2.21 bits per heavy atom. The van der Waals surface area contributed by atoms with Gasteiger partial charge in [0, 0.05) is 6.54 Å². The highest BCUT2D eigenvalue weighted by Crippen LogP contribution is 1.98. The van der Waals surface area contributed by atoms with Crippen molar-refractivity contribution >= 4 is 11.9 Å². The topological polar surface area (TPSA) is 146 Å². The number of aliphatic carboxylic acids is 1. The molecular weight excluding hydrogens is 190 g/mol. The Bertz CT molecular complexity index is 232. The van der Waals surface area contributed by atoms with Crippen LogP contribution in [0.3, 0.4) is 0 Å². The lowest BCUT2D eigenvalue weighted by atomic mass is 10.2. The van der Waals surface area contributed by atoms with Gasteiger partial charge in [-0.25, -0.2) is 0 Å². The van der Waals surface area contributed by atoms with Gasteiger partial charge in [-0.1, -0.05) is 0 Å². The molecule has 0 saturated carbocycles. The smallest absolute Gasteiger partial charge is 0.320 e. The second-order valence-electron chi connectivity index (χ2n) is 2.68. The molecule has 6 N–H and O–H groups in total. The standard InChI is InChI=1S/C6H13N5O3/c7-4(5(12)13)2-1-3-11(10-14)6(8)9/h4H,1-3,7H2,(H3,8,9)(H,12,13)/t4-/m0/s1. The van der Waals surface area contributed by atoms with Crippen LogP contribution in [0.4, 0.5) is 0 Å². The number of nitrogens with one attached hydrogen (secondary N) is 1. The van der Waals surface area contributed by atoms with E-state index in [1.165, 1.54) is 0 Å². The molecule has 14 heavy (non-hydrogen) atoms. The molecule has 0 aromatic rings. The van der Waals surface area contributed by atoms with Crippen LogP contribution in [-0.4, -0.2) is 34.6 Å². The largest absolute Gasteiger partial charge is 0.480 e. The first kappa shape index (κ1) is 12.3. The third-order valence-corrected chi connectivity index (χ3v) is 1.58. The van der Waals surface area contributed by atoms with Gasteiger partial charge in [0.1, 0.15) is 6.04 Å². The average Bonchev–Trinajstić information content (AvgIpc) is 2.11. The summed E-state index contributed by atoms with van der Waals surface area (Å²) >= 11 is 0. The Balaban J connectivity index is 3.77. The molecule has 0 spiro atoms. The van der Waals surface area contributed by atoms with Crippen LogP contribution in [-0.2, 0) is 4.79 Å². The summed E-state index contributed by atoms with van der Waals surface area (Å²) in [5.74, 6) is -1.57. The predicted octanol–water partition coefficient (Wildman–Crippen LogP) is -0.945. The van der Waals surface area contributed by atoms with E-state index >= 15 is 0 Å². The lowest BCUT2D eigenvalue weighted by molar-refractivity contribution is -0.138. The van der Waals surface area contributed by atoms with Crippen LogP contribution in [0, 0.1) is 10.3 Å². The molecule has 0 unspecified atom stereocenters. The first-order valence-corrected chi connectivity index (χ1v) is 3.92. The van der Waals surface area contributed by atoms with Crippen molar-refractivity contribution in [2.75, 3.05) is 6.54 Å². The summed E-state index contributed by atoms with van der Waals surface area (Å²) in [5.41, 5.74) is 10.2. The molecule has 0 saturated heterocycles. The summed E-state index contributed by atoms with van der Waals surface area (Å²) in [4.78, 5) is 20.4. The summed E-state index contributed by atoms with van der Waals surface area (Å²) in [7, 11) is 0. The molecule has 0 aromatic heterocycles. The lowest BCUT2D eigenvalue weighted by Crippen LogP contribution is -2.34. The minimum Gasteiger partial charge on any atom is -0.480 e. The normalized spacial score (nSPS) is 11.8. The first-order valence-electron chi connectivity index (χ1n) is 3.92. The van der Waals surface area contributed by atoms with Crippen molar-refractivity contribution in [1.29, 1.82) is 5.41 Å². The number of hydrogen-bond acceptors (Lipinski definition) is 5. The van der Waals surface area contributed by atoms with Crippen molar-refractivity contribution in [3.8, 4) is 0 Å². The Kier molecular flexibility index (Phi) is 5.15. The second kappa shape index (κ2) is 5.86. The molecule has 0 heterocycles. The van der Waals surface area contributed by atoms with Crippen LogP contribution in [0.25, 0.3) is 0 Å². The van der Waals surface area contributed by atoms with Crippen molar-refractivity contribution in [3.63, 3.8) is 0 Å². The van der Waals surface area contributed by atoms with Crippen molar-refractivity contribution in [2.24, 2.45) is 16.8 Å². The van der Waals surface area contributed by atoms with Crippen LogP contribution in [0.5, 0.6) is 0 Å². The van der Waals surface area contributed by atoms with Gasteiger partial charge < -0.3 is 16.6 Å². The van der Waals surface area contributed by atoms with E-state index in [1.807, 2.05) is 0 Å². The minimum atomic E-state index is -1.10. The Hall–Kier alpha value is -1.70. The van der Waals surface area contributed by atoms with Gasteiger partial charge in [0.15, 0.2) is 0 Å². The van der Waals surface area contributed by atoms with Crippen molar-refractivity contribution < 1.29 is 9.90 Å². The summed E-state index contributed by atoms with van der Waals surface area (Å²) < 4.78 is 0. The fraction of sp³-hybridized carbons (Fsp3) is 0.667. The molecule has 0 aliphatic heterocycles. The molecule has 0 bridgehead atoms. The fourth-order valence-corrected chi connectivity index (χ4v) is 0.790. The number of carboxylic acids is 1. The van der Waals surface area contributed by atoms with E-state index in [4.69, 9.17) is 22.0 Å². The molecule has 1 atom stereocenters. The number of carbonyl (C=O) groups is 1. The van der Waals surface area contributed by atoms with E-state index in [0.717, 1.165) is 5.01 Å². The maximum atomic E-state index is 10.3. The molecule has 0 aromatic carbocycles. The summed E-state index contributed by atoms with van der Waals surface area (Å²) in [6.07, 6.45) is 0.535. The lowest BCUT2D eigenvalue weighted by Gasteiger charge is -2.12. The van der Waals surface area contributed by atoms with Gasteiger partial charge in [0.05, 0.1) is 5.29 Å². The van der Waals surface area contributed by atoms with Gasteiger partial charge in [-0.2, -0.15) is 5.01 Å². The van der Waals surface area contributed by atoms with E-state index in [1.54, 1.807) is 0 Å². The van der Waals surface area contributed by atoms with Crippen LogP contribution >= 0.6 is 0 Å². The second-order valence-corrected chi connectivity index (χ2v) is 2.68. The zero-order valence-electron chi connectivity index (χ0n) is 7.51.